The van der Waals surface area contributed by atoms with Crippen LogP contribution in [0.3, 0.4) is 0 Å². The van der Waals surface area contributed by atoms with E-state index in [0.29, 0.717) is 6.04 Å². The molecule has 20 heavy (non-hydrogen) atoms. The first kappa shape index (κ1) is 17.2. The van der Waals surface area contributed by atoms with Crippen LogP contribution in [0.15, 0.2) is 24.3 Å². The minimum absolute atomic E-state index is 0.440. The molecule has 1 aromatic rings. The number of rotatable bonds is 10. The summed E-state index contributed by atoms with van der Waals surface area (Å²) in [6.07, 6.45) is 1.09. The summed E-state index contributed by atoms with van der Waals surface area (Å²) in [7, 11) is 1.76. The third-order valence-corrected chi connectivity index (χ3v) is 3.78. The van der Waals surface area contributed by atoms with E-state index in [1.165, 1.54) is 11.1 Å². The lowest BCUT2D eigenvalue weighted by molar-refractivity contribution is 0.164. The van der Waals surface area contributed by atoms with Gasteiger partial charge in [-0.2, -0.15) is 0 Å². The Morgan fingerprint density at radius 1 is 1.05 bits per heavy atom. The molecule has 1 atom stereocenters. The van der Waals surface area contributed by atoms with Gasteiger partial charge >= 0.3 is 0 Å². The molecule has 1 rings (SSSR count). The second-order valence-electron chi connectivity index (χ2n) is 5.22. The summed E-state index contributed by atoms with van der Waals surface area (Å²) in [6.45, 7) is 11.5. The second kappa shape index (κ2) is 9.92. The lowest BCUT2D eigenvalue weighted by Crippen LogP contribution is -2.32. The van der Waals surface area contributed by atoms with Crippen LogP contribution in [0.1, 0.15) is 38.3 Å². The number of benzene rings is 1. The van der Waals surface area contributed by atoms with E-state index in [4.69, 9.17) is 4.74 Å². The molecule has 0 radical (unpaired) electrons. The van der Waals surface area contributed by atoms with Gasteiger partial charge in [0.25, 0.3) is 0 Å². The highest BCUT2D eigenvalue weighted by atomic mass is 16.5. The van der Waals surface area contributed by atoms with Crippen molar-refractivity contribution >= 4 is 0 Å². The number of nitrogens with one attached hydrogen (secondary N) is 1. The average molecular weight is 278 g/mol. The molecule has 0 bridgehead atoms. The fourth-order valence-corrected chi connectivity index (χ4v) is 2.25. The topological polar surface area (TPSA) is 24.5 Å². The van der Waals surface area contributed by atoms with Crippen LogP contribution in [0.25, 0.3) is 0 Å². The van der Waals surface area contributed by atoms with Crippen LogP contribution in [0.4, 0.5) is 0 Å². The van der Waals surface area contributed by atoms with Crippen LogP contribution in [0.2, 0.25) is 0 Å². The predicted octanol–water partition coefficient (Wildman–Crippen LogP) is 3.04. The Morgan fingerprint density at radius 3 is 2.15 bits per heavy atom. The Bertz CT molecular complexity index is 347. The van der Waals surface area contributed by atoms with Crippen LogP contribution in [-0.4, -0.2) is 37.7 Å². The van der Waals surface area contributed by atoms with Gasteiger partial charge in [-0.3, -0.25) is 4.90 Å². The lowest BCUT2D eigenvalue weighted by Gasteiger charge is -2.18. The summed E-state index contributed by atoms with van der Waals surface area (Å²) in [5.41, 5.74) is 2.73. The SMILES string of the molecule is CCC(COC)NCc1ccc(CN(CC)CC)cc1. The Morgan fingerprint density at radius 2 is 1.65 bits per heavy atom. The Balaban J connectivity index is 2.45. The highest BCUT2D eigenvalue weighted by Crippen LogP contribution is 2.08. The maximum absolute atomic E-state index is 5.20. The first-order chi connectivity index (χ1) is 9.73. The molecule has 1 unspecified atom stereocenters. The van der Waals surface area contributed by atoms with E-state index in [0.717, 1.165) is 39.2 Å². The van der Waals surface area contributed by atoms with Gasteiger partial charge in [-0.15, -0.1) is 0 Å². The number of ether oxygens (including phenoxy) is 1. The smallest absolute Gasteiger partial charge is 0.0615 e. The van der Waals surface area contributed by atoms with Crippen LogP contribution in [0, 0.1) is 0 Å². The molecule has 0 heterocycles. The molecule has 0 aliphatic rings. The number of nitrogens with zero attached hydrogens (tertiary/aromatic N) is 1. The highest BCUT2D eigenvalue weighted by Gasteiger charge is 2.05. The molecular formula is C17H30N2O. The summed E-state index contributed by atoms with van der Waals surface area (Å²) in [4.78, 5) is 2.43. The van der Waals surface area contributed by atoms with E-state index in [9.17, 15) is 0 Å². The molecular weight excluding hydrogens is 248 g/mol. The van der Waals surface area contributed by atoms with Crippen molar-refractivity contribution in [3.8, 4) is 0 Å². The van der Waals surface area contributed by atoms with E-state index in [1.807, 2.05) is 0 Å². The van der Waals surface area contributed by atoms with Gasteiger partial charge in [0.2, 0.25) is 0 Å². The molecule has 3 heteroatoms. The van der Waals surface area contributed by atoms with E-state index in [1.54, 1.807) is 7.11 Å². The third-order valence-electron chi connectivity index (χ3n) is 3.78. The van der Waals surface area contributed by atoms with E-state index in [-0.39, 0.29) is 0 Å². The number of methoxy groups -OCH3 is 1. The zero-order valence-electron chi connectivity index (χ0n) is 13.5. The summed E-state index contributed by atoms with van der Waals surface area (Å²) in [5, 5.41) is 3.53. The van der Waals surface area contributed by atoms with Gasteiger partial charge in [0.15, 0.2) is 0 Å². The zero-order chi connectivity index (χ0) is 14.8. The van der Waals surface area contributed by atoms with Crippen molar-refractivity contribution < 1.29 is 4.74 Å². The van der Waals surface area contributed by atoms with Crippen molar-refractivity contribution in [3.63, 3.8) is 0 Å². The Hall–Kier alpha value is -0.900. The van der Waals surface area contributed by atoms with Crippen LogP contribution >= 0.6 is 0 Å². The Labute approximate surface area is 124 Å². The van der Waals surface area contributed by atoms with Crippen molar-refractivity contribution in [2.75, 3.05) is 26.8 Å². The van der Waals surface area contributed by atoms with Crippen molar-refractivity contribution in [1.29, 1.82) is 0 Å². The normalized spacial score (nSPS) is 12.8. The fourth-order valence-electron chi connectivity index (χ4n) is 2.25. The minimum atomic E-state index is 0.440. The maximum atomic E-state index is 5.20. The van der Waals surface area contributed by atoms with Crippen LogP contribution in [-0.2, 0) is 17.8 Å². The van der Waals surface area contributed by atoms with Crippen molar-refractivity contribution in [2.45, 2.75) is 46.3 Å². The summed E-state index contributed by atoms with van der Waals surface area (Å²) in [5.74, 6) is 0. The van der Waals surface area contributed by atoms with Gasteiger partial charge in [0.05, 0.1) is 6.61 Å². The molecule has 0 amide bonds. The highest BCUT2D eigenvalue weighted by molar-refractivity contribution is 5.22. The molecule has 0 saturated carbocycles. The quantitative estimate of drug-likeness (QED) is 0.712. The minimum Gasteiger partial charge on any atom is -0.383 e. The first-order valence-corrected chi connectivity index (χ1v) is 7.75. The molecule has 0 aliphatic heterocycles. The van der Waals surface area contributed by atoms with Crippen LogP contribution in [0.5, 0.6) is 0 Å². The van der Waals surface area contributed by atoms with Gasteiger partial charge < -0.3 is 10.1 Å². The van der Waals surface area contributed by atoms with Gasteiger partial charge in [0.1, 0.15) is 0 Å². The lowest BCUT2D eigenvalue weighted by atomic mass is 10.1. The molecule has 0 saturated heterocycles. The van der Waals surface area contributed by atoms with Gasteiger partial charge in [-0.1, -0.05) is 45.0 Å². The largest absolute Gasteiger partial charge is 0.383 e. The maximum Gasteiger partial charge on any atom is 0.0615 e. The molecule has 1 aromatic carbocycles. The summed E-state index contributed by atoms with van der Waals surface area (Å²) < 4.78 is 5.20. The average Bonchev–Trinajstić information content (AvgIpc) is 2.50. The Kier molecular flexibility index (Phi) is 8.51. The summed E-state index contributed by atoms with van der Waals surface area (Å²) in [6, 6.07) is 9.38. The molecule has 3 nitrogen and oxygen atoms in total. The molecule has 0 aliphatic carbocycles. The third kappa shape index (κ3) is 6.04. The van der Waals surface area contributed by atoms with E-state index >= 15 is 0 Å². The molecule has 0 aromatic heterocycles. The van der Waals surface area contributed by atoms with Crippen molar-refractivity contribution in [1.82, 2.24) is 10.2 Å². The predicted molar refractivity (Wildman–Crippen MR) is 85.9 cm³/mol. The zero-order valence-corrected chi connectivity index (χ0v) is 13.5. The molecule has 114 valence electrons. The van der Waals surface area contributed by atoms with Crippen molar-refractivity contribution in [2.24, 2.45) is 0 Å². The summed E-state index contributed by atoms with van der Waals surface area (Å²) >= 11 is 0. The molecule has 0 fully saturated rings. The van der Waals surface area contributed by atoms with E-state index < -0.39 is 0 Å². The van der Waals surface area contributed by atoms with E-state index in [2.05, 4.69) is 55.3 Å². The standard InChI is InChI=1S/C17H30N2O/c1-5-17(14-20-4)18-12-15-8-10-16(11-9-15)13-19(6-2)7-3/h8-11,17-18H,5-7,12-14H2,1-4H3. The van der Waals surface area contributed by atoms with Crippen molar-refractivity contribution in [3.05, 3.63) is 35.4 Å². The molecule has 0 spiro atoms. The second-order valence-corrected chi connectivity index (χ2v) is 5.22. The van der Waals surface area contributed by atoms with Gasteiger partial charge in [0, 0.05) is 26.2 Å². The van der Waals surface area contributed by atoms with Crippen LogP contribution < -0.4 is 5.32 Å². The fraction of sp³-hybridized carbons (Fsp3) is 0.647. The van der Waals surface area contributed by atoms with Gasteiger partial charge in [-0.05, 0) is 30.6 Å². The number of hydrogen-bond donors (Lipinski definition) is 1. The number of hydrogen-bond acceptors (Lipinski definition) is 3. The first-order valence-electron chi connectivity index (χ1n) is 7.75. The monoisotopic (exact) mass is 278 g/mol. The van der Waals surface area contributed by atoms with Gasteiger partial charge in [-0.25, -0.2) is 0 Å². The molecule has 1 N–H and O–H groups in total.